The van der Waals surface area contributed by atoms with E-state index >= 15 is 0 Å². The normalized spacial score (nSPS) is 19.5. The lowest BCUT2D eigenvalue weighted by Gasteiger charge is -2.11. The van der Waals surface area contributed by atoms with Gasteiger partial charge in [0, 0.05) is 13.0 Å². The summed E-state index contributed by atoms with van der Waals surface area (Å²) >= 11 is 0. The first-order chi connectivity index (χ1) is 8.27. The molecule has 1 atom stereocenters. The number of nitrogens with zero attached hydrogens (tertiary/aromatic N) is 3. The summed E-state index contributed by atoms with van der Waals surface area (Å²) in [4.78, 5) is 11.5. The Bertz CT molecular complexity index is 398. The zero-order valence-corrected chi connectivity index (χ0v) is 9.76. The van der Waals surface area contributed by atoms with Crippen LogP contribution in [0, 0.1) is 0 Å². The van der Waals surface area contributed by atoms with E-state index in [0.29, 0.717) is 26.2 Å². The third-order valence-corrected chi connectivity index (χ3v) is 2.80. The van der Waals surface area contributed by atoms with Crippen LogP contribution in [-0.4, -0.2) is 47.8 Å². The van der Waals surface area contributed by atoms with Crippen LogP contribution in [0.2, 0.25) is 0 Å². The Hall–Kier alpha value is -1.47. The first kappa shape index (κ1) is 12.0. The van der Waals surface area contributed by atoms with Gasteiger partial charge in [-0.1, -0.05) is 5.21 Å². The molecule has 1 fully saturated rings. The molecule has 2 rings (SSSR count). The van der Waals surface area contributed by atoms with Crippen LogP contribution in [0.1, 0.15) is 28.6 Å². The summed E-state index contributed by atoms with van der Waals surface area (Å²) in [5.74, 6) is -0.474. The number of hydrogen-bond acceptors (Lipinski definition) is 6. The molecule has 1 aliphatic rings. The maximum atomic E-state index is 11.5. The fourth-order valence-corrected chi connectivity index (χ4v) is 1.95. The van der Waals surface area contributed by atoms with E-state index in [1.54, 1.807) is 4.68 Å². The molecule has 0 saturated carbocycles. The first-order valence-electron chi connectivity index (χ1n) is 5.58. The topological polar surface area (TPSA) is 92.3 Å². The second-order valence-electron chi connectivity index (χ2n) is 3.88. The summed E-state index contributed by atoms with van der Waals surface area (Å²) in [5.41, 5.74) is 6.53. The van der Waals surface area contributed by atoms with Crippen molar-refractivity contribution in [2.45, 2.75) is 18.9 Å². The first-order valence-corrected chi connectivity index (χ1v) is 5.58. The van der Waals surface area contributed by atoms with E-state index in [0.717, 1.165) is 12.1 Å². The van der Waals surface area contributed by atoms with Crippen molar-refractivity contribution in [1.29, 1.82) is 0 Å². The summed E-state index contributed by atoms with van der Waals surface area (Å²) in [5, 5.41) is 7.89. The van der Waals surface area contributed by atoms with Crippen LogP contribution < -0.4 is 5.73 Å². The number of aromatic nitrogens is 3. The molecular formula is C10H16N4O3. The van der Waals surface area contributed by atoms with Gasteiger partial charge in [0.05, 0.1) is 25.5 Å². The summed E-state index contributed by atoms with van der Waals surface area (Å²) in [7, 11) is 1.33. The standard InChI is InChI=1S/C10H16N4O3/c1-16-10(15)9-8(2-4-11)14(13-12-9)7-3-5-17-6-7/h7H,2-6,11H2,1H3. The Labute approximate surface area is 98.9 Å². The molecule has 17 heavy (non-hydrogen) atoms. The van der Waals surface area contributed by atoms with E-state index in [4.69, 9.17) is 10.5 Å². The predicted molar refractivity (Wildman–Crippen MR) is 58.6 cm³/mol. The number of esters is 1. The van der Waals surface area contributed by atoms with Gasteiger partial charge in [-0.05, 0) is 13.0 Å². The van der Waals surface area contributed by atoms with Gasteiger partial charge in [0.2, 0.25) is 0 Å². The number of ether oxygens (including phenoxy) is 2. The molecule has 2 N–H and O–H groups in total. The van der Waals surface area contributed by atoms with Crippen molar-refractivity contribution in [1.82, 2.24) is 15.0 Å². The summed E-state index contributed by atoms with van der Waals surface area (Å²) < 4.78 is 11.7. The third kappa shape index (κ3) is 2.29. The minimum Gasteiger partial charge on any atom is -0.464 e. The molecule has 0 radical (unpaired) electrons. The molecule has 1 saturated heterocycles. The second kappa shape index (κ2) is 5.24. The Morgan fingerprint density at radius 1 is 1.71 bits per heavy atom. The van der Waals surface area contributed by atoms with Gasteiger partial charge in [-0.25, -0.2) is 9.48 Å². The molecular weight excluding hydrogens is 224 g/mol. The van der Waals surface area contributed by atoms with Crippen molar-refractivity contribution < 1.29 is 14.3 Å². The Morgan fingerprint density at radius 2 is 2.53 bits per heavy atom. The Balaban J connectivity index is 2.31. The van der Waals surface area contributed by atoms with Gasteiger partial charge in [-0.3, -0.25) is 0 Å². The highest BCUT2D eigenvalue weighted by atomic mass is 16.5. The Kier molecular flexibility index (Phi) is 3.70. The zero-order valence-electron chi connectivity index (χ0n) is 9.76. The van der Waals surface area contributed by atoms with Gasteiger partial charge in [-0.2, -0.15) is 0 Å². The molecule has 0 aliphatic carbocycles. The summed E-state index contributed by atoms with van der Waals surface area (Å²) in [6, 6.07) is 0.141. The van der Waals surface area contributed by atoms with Crippen molar-refractivity contribution in [2.24, 2.45) is 5.73 Å². The molecule has 1 aromatic rings. The van der Waals surface area contributed by atoms with Gasteiger partial charge in [0.15, 0.2) is 5.69 Å². The van der Waals surface area contributed by atoms with Crippen molar-refractivity contribution in [3.05, 3.63) is 11.4 Å². The lowest BCUT2D eigenvalue weighted by atomic mass is 10.2. The van der Waals surface area contributed by atoms with E-state index in [1.165, 1.54) is 7.11 Å². The van der Waals surface area contributed by atoms with Crippen molar-refractivity contribution >= 4 is 5.97 Å². The molecule has 0 amide bonds. The monoisotopic (exact) mass is 240 g/mol. The zero-order chi connectivity index (χ0) is 12.3. The number of hydrogen-bond donors (Lipinski definition) is 1. The highest BCUT2D eigenvalue weighted by Gasteiger charge is 2.26. The van der Waals surface area contributed by atoms with Crippen LogP contribution in [0.4, 0.5) is 0 Å². The van der Waals surface area contributed by atoms with E-state index < -0.39 is 5.97 Å². The van der Waals surface area contributed by atoms with Crippen LogP contribution in [0.15, 0.2) is 0 Å². The third-order valence-electron chi connectivity index (χ3n) is 2.80. The van der Waals surface area contributed by atoms with E-state index in [1.807, 2.05) is 0 Å². The maximum Gasteiger partial charge on any atom is 0.360 e. The lowest BCUT2D eigenvalue weighted by Crippen LogP contribution is -2.18. The van der Waals surface area contributed by atoms with E-state index in [-0.39, 0.29) is 11.7 Å². The average Bonchev–Trinajstić information content (AvgIpc) is 2.96. The van der Waals surface area contributed by atoms with Crippen LogP contribution in [0.3, 0.4) is 0 Å². The van der Waals surface area contributed by atoms with Gasteiger partial charge < -0.3 is 15.2 Å². The van der Waals surface area contributed by atoms with E-state index in [9.17, 15) is 4.79 Å². The molecule has 1 unspecified atom stereocenters. The predicted octanol–water partition coefficient (Wildman–Crippen LogP) is -0.473. The largest absolute Gasteiger partial charge is 0.464 e. The van der Waals surface area contributed by atoms with Crippen molar-refractivity contribution in [2.75, 3.05) is 26.9 Å². The molecule has 0 bridgehead atoms. The van der Waals surface area contributed by atoms with Crippen molar-refractivity contribution in [3.63, 3.8) is 0 Å². The number of carbonyl (C=O) groups excluding carboxylic acids is 1. The number of rotatable bonds is 4. The molecule has 7 heteroatoms. The second-order valence-corrected chi connectivity index (χ2v) is 3.88. The molecule has 94 valence electrons. The molecule has 2 heterocycles. The van der Waals surface area contributed by atoms with Crippen LogP contribution in [0.5, 0.6) is 0 Å². The highest BCUT2D eigenvalue weighted by Crippen LogP contribution is 2.21. The number of carbonyl (C=O) groups is 1. The summed E-state index contributed by atoms with van der Waals surface area (Å²) in [6.45, 7) is 1.74. The quantitative estimate of drug-likeness (QED) is 0.715. The van der Waals surface area contributed by atoms with Gasteiger partial charge in [-0.15, -0.1) is 5.10 Å². The highest BCUT2D eigenvalue weighted by molar-refractivity contribution is 5.88. The molecule has 0 spiro atoms. The summed E-state index contributed by atoms with van der Waals surface area (Å²) in [6.07, 6.45) is 1.43. The van der Waals surface area contributed by atoms with Crippen LogP contribution in [0.25, 0.3) is 0 Å². The van der Waals surface area contributed by atoms with Crippen LogP contribution >= 0.6 is 0 Å². The minimum atomic E-state index is -0.474. The maximum absolute atomic E-state index is 11.5. The van der Waals surface area contributed by atoms with Crippen molar-refractivity contribution in [3.8, 4) is 0 Å². The van der Waals surface area contributed by atoms with E-state index in [2.05, 4.69) is 15.0 Å². The van der Waals surface area contributed by atoms with Gasteiger partial charge in [0.25, 0.3) is 0 Å². The van der Waals surface area contributed by atoms with Gasteiger partial charge >= 0.3 is 5.97 Å². The van der Waals surface area contributed by atoms with Gasteiger partial charge in [0.1, 0.15) is 0 Å². The fraction of sp³-hybridized carbons (Fsp3) is 0.700. The SMILES string of the molecule is COC(=O)c1nnn(C2CCOC2)c1CCN. The Morgan fingerprint density at radius 3 is 3.12 bits per heavy atom. The average molecular weight is 240 g/mol. The minimum absolute atomic E-state index is 0.141. The van der Waals surface area contributed by atoms with Crippen LogP contribution in [-0.2, 0) is 15.9 Å². The fourth-order valence-electron chi connectivity index (χ4n) is 1.95. The molecule has 0 aromatic carbocycles. The lowest BCUT2D eigenvalue weighted by molar-refractivity contribution is 0.0592. The number of nitrogens with two attached hydrogens (primary N) is 1. The molecule has 7 nitrogen and oxygen atoms in total. The smallest absolute Gasteiger partial charge is 0.360 e. The molecule has 1 aromatic heterocycles. The molecule has 1 aliphatic heterocycles. The number of methoxy groups -OCH3 is 1.